The van der Waals surface area contributed by atoms with Crippen LogP contribution in [0.25, 0.3) is 0 Å². The van der Waals surface area contributed by atoms with Crippen molar-refractivity contribution in [1.29, 1.82) is 0 Å². The lowest BCUT2D eigenvalue weighted by atomic mass is 9.87. The summed E-state index contributed by atoms with van der Waals surface area (Å²) in [5, 5.41) is 0. The van der Waals surface area contributed by atoms with E-state index in [0.29, 0.717) is 16.5 Å². The van der Waals surface area contributed by atoms with Crippen molar-refractivity contribution in [1.82, 2.24) is 5.43 Å². The molecule has 3 N–H and O–H groups in total. The molecule has 1 rings (SSSR count). The first kappa shape index (κ1) is 17.5. The highest BCUT2D eigenvalue weighted by Gasteiger charge is 2.31. The van der Waals surface area contributed by atoms with Crippen LogP contribution in [0, 0.1) is 5.41 Å². The molecule has 1 aromatic rings. The Kier molecular flexibility index (Phi) is 5.63. The third kappa shape index (κ3) is 5.07. The number of hydrogen-bond acceptors (Lipinski definition) is 2. The molecule has 0 aliphatic heterocycles. The fourth-order valence-corrected chi connectivity index (χ4v) is 2.42. The third-order valence-corrected chi connectivity index (χ3v) is 3.81. The van der Waals surface area contributed by atoms with Crippen LogP contribution >= 0.6 is 15.9 Å². The van der Waals surface area contributed by atoms with Gasteiger partial charge in [0, 0.05) is 10.5 Å². The van der Waals surface area contributed by atoms with E-state index in [1.807, 2.05) is 0 Å². The summed E-state index contributed by atoms with van der Waals surface area (Å²) in [5.74, 6) is 5.51. The minimum atomic E-state index is -4.35. The predicted molar refractivity (Wildman–Crippen MR) is 77.9 cm³/mol. The molecule has 1 aromatic carbocycles. The molecule has 0 heterocycles. The smallest absolute Gasteiger partial charge is 0.271 e. The van der Waals surface area contributed by atoms with Gasteiger partial charge in [0.2, 0.25) is 0 Å². The molecule has 0 saturated heterocycles. The average molecular weight is 353 g/mol. The normalized spacial score (nSPS) is 14.4. The van der Waals surface area contributed by atoms with Gasteiger partial charge in [-0.25, -0.2) is 0 Å². The van der Waals surface area contributed by atoms with Crippen molar-refractivity contribution in [3.8, 4) is 0 Å². The molecule has 1 unspecified atom stereocenters. The molecule has 0 amide bonds. The molecular weight excluding hydrogens is 333 g/mol. The Labute approximate surface area is 126 Å². The summed E-state index contributed by atoms with van der Waals surface area (Å²) >= 11 is 3.30. The van der Waals surface area contributed by atoms with Crippen molar-refractivity contribution in [2.24, 2.45) is 11.3 Å². The minimum absolute atomic E-state index is 0.100. The molecule has 0 aromatic heterocycles. The molecule has 0 bridgehead atoms. The highest BCUT2D eigenvalue weighted by atomic mass is 79.9. The van der Waals surface area contributed by atoms with E-state index in [-0.39, 0.29) is 11.5 Å². The van der Waals surface area contributed by atoms with E-state index in [1.165, 1.54) is 6.07 Å². The molecule has 6 heteroatoms. The van der Waals surface area contributed by atoms with E-state index in [4.69, 9.17) is 5.84 Å². The zero-order valence-electron chi connectivity index (χ0n) is 11.8. The molecule has 114 valence electrons. The maximum Gasteiger partial charge on any atom is 0.416 e. The molecule has 1 atom stereocenters. The fourth-order valence-electron chi connectivity index (χ4n) is 1.89. The van der Waals surface area contributed by atoms with Crippen LogP contribution < -0.4 is 11.3 Å². The van der Waals surface area contributed by atoms with E-state index in [2.05, 4.69) is 42.1 Å². The summed E-state index contributed by atoms with van der Waals surface area (Å²) < 4.78 is 39.0. The Bertz CT molecular complexity index is 453. The predicted octanol–water partition coefficient (Wildman–Crippen LogP) is 4.80. The van der Waals surface area contributed by atoms with Crippen molar-refractivity contribution in [3.05, 3.63) is 33.8 Å². The Morgan fingerprint density at radius 3 is 2.30 bits per heavy atom. The highest BCUT2D eigenvalue weighted by Crippen LogP contribution is 2.36. The summed E-state index contributed by atoms with van der Waals surface area (Å²) in [6.07, 6.45) is -2.83. The number of alkyl halides is 3. The van der Waals surface area contributed by atoms with Gasteiger partial charge in [0.05, 0.1) is 5.56 Å². The first-order valence-corrected chi connectivity index (χ1v) is 7.16. The quantitative estimate of drug-likeness (QED) is 0.603. The molecule has 0 spiro atoms. The van der Waals surface area contributed by atoms with Crippen LogP contribution in [0.5, 0.6) is 0 Å². The van der Waals surface area contributed by atoms with Gasteiger partial charge in [-0.05, 0) is 42.0 Å². The Balaban J connectivity index is 3.02. The Morgan fingerprint density at radius 1 is 1.25 bits per heavy atom. The van der Waals surface area contributed by atoms with Crippen LogP contribution in [0.4, 0.5) is 13.2 Å². The van der Waals surface area contributed by atoms with E-state index >= 15 is 0 Å². The van der Waals surface area contributed by atoms with Crippen LogP contribution in [0.15, 0.2) is 22.7 Å². The summed E-state index contributed by atoms with van der Waals surface area (Å²) in [7, 11) is 0. The molecule has 0 saturated carbocycles. The fraction of sp³-hybridized carbons (Fsp3) is 0.571. The zero-order valence-corrected chi connectivity index (χ0v) is 13.4. The van der Waals surface area contributed by atoms with Gasteiger partial charge in [-0.3, -0.25) is 11.3 Å². The van der Waals surface area contributed by atoms with Gasteiger partial charge >= 0.3 is 6.18 Å². The number of nitrogens with one attached hydrogen (secondary N) is 1. The van der Waals surface area contributed by atoms with Crippen molar-refractivity contribution >= 4 is 15.9 Å². The van der Waals surface area contributed by atoms with E-state index in [1.54, 1.807) is 0 Å². The zero-order chi connectivity index (χ0) is 15.6. The van der Waals surface area contributed by atoms with Crippen molar-refractivity contribution < 1.29 is 13.2 Å². The first-order valence-electron chi connectivity index (χ1n) is 6.37. The van der Waals surface area contributed by atoms with Crippen LogP contribution in [0.3, 0.4) is 0 Å². The third-order valence-electron chi connectivity index (χ3n) is 3.08. The molecule has 20 heavy (non-hydrogen) atoms. The molecular formula is C14H20BrF3N2. The Morgan fingerprint density at radius 2 is 1.85 bits per heavy atom. The number of benzene rings is 1. The van der Waals surface area contributed by atoms with Gasteiger partial charge in [-0.2, -0.15) is 13.2 Å². The second kappa shape index (κ2) is 6.45. The largest absolute Gasteiger partial charge is 0.416 e. The molecule has 2 nitrogen and oxygen atoms in total. The topological polar surface area (TPSA) is 38.0 Å². The SMILES string of the molecule is CC(C)(C)CCC(NN)c1cc(C(F)(F)F)ccc1Br. The van der Waals surface area contributed by atoms with Crippen LogP contribution in [-0.4, -0.2) is 0 Å². The summed E-state index contributed by atoms with van der Waals surface area (Å²) in [4.78, 5) is 0. The molecule has 0 fully saturated rings. The van der Waals surface area contributed by atoms with Crippen molar-refractivity contribution in [2.45, 2.75) is 45.8 Å². The van der Waals surface area contributed by atoms with E-state index in [0.717, 1.165) is 18.6 Å². The van der Waals surface area contributed by atoms with Crippen LogP contribution in [-0.2, 0) is 6.18 Å². The lowest BCUT2D eigenvalue weighted by Gasteiger charge is -2.24. The van der Waals surface area contributed by atoms with Gasteiger partial charge in [0.25, 0.3) is 0 Å². The second-order valence-corrected chi connectivity index (χ2v) is 6.91. The van der Waals surface area contributed by atoms with Crippen LogP contribution in [0.2, 0.25) is 0 Å². The van der Waals surface area contributed by atoms with E-state index < -0.39 is 11.7 Å². The number of halogens is 4. The van der Waals surface area contributed by atoms with Crippen LogP contribution in [0.1, 0.15) is 50.8 Å². The standard InChI is InChI=1S/C14H20BrF3N2/c1-13(2,3)7-6-12(20-19)10-8-9(14(16,17)18)4-5-11(10)15/h4-5,8,12,20H,6-7,19H2,1-3H3. The highest BCUT2D eigenvalue weighted by molar-refractivity contribution is 9.10. The van der Waals surface area contributed by atoms with Crippen molar-refractivity contribution in [3.63, 3.8) is 0 Å². The van der Waals surface area contributed by atoms with Gasteiger partial charge in [-0.1, -0.05) is 36.7 Å². The average Bonchev–Trinajstić information content (AvgIpc) is 2.29. The number of nitrogens with two attached hydrogens (primary N) is 1. The minimum Gasteiger partial charge on any atom is -0.271 e. The van der Waals surface area contributed by atoms with Gasteiger partial charge in [0.15, 0.2) is 0 Å². The maximum atomic E-state index is 12.8. The number of hydrazine groups is 1. The Hall–Kier alpha value is -0.590. The van der Waals surface area contributed by atoms with Crippen molar-refractivity contribution in [2.75, 3.05) is 0 Å². The number of hydrogen-bond donors (Lipinski definition) is 2. The first-order chi connectivity index (χ1) is 9.04. The molecule has 0 radical (unpaired) electrons. The maximum absolute atomic E-state index is 12.8. The second-order valence-electron chi connectivity index (χ2n) is 6.05. The lowest BCUT2D eigenvalue weighted by Crippen LogP contribution is -2.29. The summed E-state index contributed by atoms with van der Waals surface area (Å²) in [5.41, 5.74) is 2.59. The summed E-state index contributed by atoms with van der Waals surface area (Å²) in [6.45, 7) is 6.26. The lowest BCUT2D eigenvalue weighted by molar-refractivity contribution is -0.137. The number of rotatable bonds is 4. The van der Waals surface area contributed by atoms with Gasteiger partial charge < -0.3 is 0 Å². The monoisotopic (exact) mass is 352 g/mol. The van der Waals surface area contributed by atoms with E-state index in [9.17, 15) is 13.2 Å². The van der Waals surface area contributed by atoms with Gasteiger partial charge in [-0.15, -0.1) is 0 Å². The molecule has 0 aliphatic rings. The molecule has 0 aliphatic carbocycles. The summed E-state index contributed by atoms with van der Waals surface area (Å²) in [6, 6.07) is 3.31. The van der Waals surface area contributed by atoms with Gasteiger partial charge in [0.1, 0.15) is 0 Å².